The van der Waals surface area contributed by atoms with Gasteiger partial charge >= 0.3 is 0 Å². The van der Waals surface area contributed by atoms with E-state index in [1.54, 1.807) is 11.3 Å². The van der Waals surface area contributed by atoms with Crippen molar-refractivity contribution in [1.82, 2.24) is 15.6 Å². The van der Waals surface area contributed by atoms with Gasteiger partial charge in [-0.15, -0.1) is 11.3 Å². The Labute approximate surface area is 100 Å². The van der Waals surface area contributed by atoms with E-state index in [9.17, 15) is 4.79 Å². The van der Waals surface area contributed by atoms with Crippen LogP contribution in [0, 0.1) is 13.8 Å². The van der Waals surface area contributed by atoms with Crippen molar-refractivity contribution in [3.8, 4) is 0 Å². The van der Waals surface area contributed by atoms with E-state index < -0.39 is 0 Å². The molecule has 90 valence electrons. The van der Waals surface area contributed by atoms with Crippen molar-refractivity contribution in [1.29, 1.82) is 0 Å². The van der Waals surface area contributed by atoms with E-state index in [4.69, 9.17) is 0 Å². The quantitative estimate of drug-likeness (QED) is 0.822. The molecule has 0 spiro atoms. The van der Waals surface area contributed by atoms with Gasteiger partial charge in [0.05, 0.1) is 17.2 Å². The Balaban J connectivity index is 2.49. The van der Waals surface area contributed by atoms with Gasteiger partial charge in [0.2, 0.25) is 5.91 Å². The molecular weight excluding hydrogens is 222 g/mol. The number of hydrogen-bond donors (Lipinski definition) is 2. The maximum Gasteiger partial charge on any atom is 0.233 e. The van der Waals surface area contributed by atoms with Crippen molar-refractivity contribution < 1.29 is 4.79 Å². The fourth-order valence-corrected chi connectivity index (χ4v) is 2.46. The first-order valence-corrected chi connectivity index (χ1v) is 6.30. The molecule has 0 bridgehead atoms. The minimum Gasteiger partial charge on any atom is -0.355 e. The third kappa shape index (κ3) is 3.57. The summed E-state index contributed by atoms with van der Waals surface area (Å²) < 4.78 is 0. The van der Waals surface area contributed by atoms with Gasteiger partial charge in [-0.1, -0.05) is 0 Å². The largest absolute Gasteiger partial charge is 0.355 e. The van der Waals surface area contributed by atoms with Crippen molar-refractivity contribution in [2.24, 2.45) is 0 Å². The van der Waals surface area contributed by atoms with Crippen LogP contribution >= 0.6 is 11.3 Å². The Morgan fingerprint density at radius 1 is 1.50 bits per heavy atom. The van der Waals surface area contributed by atoms with Crippen LogP contribution in [0.25, 0.3) is 0 Å². The summed E-state index contributed by atoms with van der Waals surface area (Å²) in [6, 6.07) is 0.118. The molecule has 2 N–H and O–H groups in total. The number of aryl methyl sites for hydroxylation is 2. The fraction of sp³-hybridized carbons (Fsp3) is 0.636. The molecule has 0 aliphatic heterocycles. The second kappa shape index (κ2) is 5.96. The summed E-state index contributed by atoms with van der Waals surface area (Å²) in [4.78, 5) is 17.0. The third-order valence-corrected chi connectivity index (χ3v) is 3.19. The molecule has 1 atom stereocenters. The number of amides is 1. The number of nitrogens with one attached hydrogen (secondary N) is 2. The highest BCUT2D eigenvalue weighted by Gasteiger charge is 2.13. The van der Waals surface area contributed by atoms with E-state index in [2.05, 4.69) is 22.5 Å². The second-order valence-electron chi connectivity index (χ2n) is 3.73. The van der Waals surface area contributed by atoms with Gasteiger partial charge < -0.3 is 10.6 Å². The number of likely N-dealkylation sites (N-methyl/N-ethyl adjacent to an activating group) is 1. The maximum atomic E-state index is 11.3. The molecule has 0 radical (unpaired) electrons. The molecule has 0 aliphatic rings. The van der Waals surface area contributed by atoms with Crippen LogP contribution in [0.5, 0.6) is 0 Å². The van der Waals surface area contributed by atoms with Gasteiger partial charge in [-0.2, -0.15) is 0 Å². The van der Waals surface area contributed by atoms with E-state index in [1.165, 1.54) is 4.88 Å². The molecule has 0 aromatic carbocycles. The Hall–Kier alpha value is -0.940. The standard InChI is InChI=1S/C11H19N3OS/c1-5-12-10(15)6-13-7(2)11-8(3)16-9(4)14-11/h7,13H,5-6H2,1-4H3,(H,12,15). The van der Waals surface area contributed by atoms with Crippen LogP contribution in [0.1, 0.15) is 35.5 Å². The lowest BCUT2D eigenvalue weighted by atomic mass is 10.2. The smallest absolute Gasteiger partial charge is 0.233 e. The number of thiazole rings is 1. The average Bonchev–Trinajstić information content (AvgIpc) is 2.55. The Bertz CT molecular complexity index is 362. The van der Waals surface area contributed by atoms with E-state index in [1.807, 2.05) is 20.8 Å². The van der Waals surface area contributed by atoms with Crippen LogP contribution in [-0.4, -0.2) is 24.0 Å². The SMILES string of the molecule is CCNC(=O)CNC(C)c1nc(C)sc1C. The van der Waals surface area contributed by atoms with Crippen molar-refractivity contribution in [3.05, 3.63) is 15.6 Å². The topological polar surface area (TPSA) is 54.0 Å². The lowest BCUT2D eigenvalue weighted by Crippen LogP contribution is -2.35. The maximum absolute atomic E-state index is 11.3. The van der Waals surface area contributed by atoms with Crippen LogP contribution in [0.2, 0.25) is 0 Å². The summed E-state index contributed by atoms with van der Waals surface area (Å²) >= 11 is 1.69. The molecule has 1 aromatic rings. The molecule has 1 heterocycles. The van der Waals surface area contributed by atoms with Crippen LogP contribution in [0.4, 0.5) is 0 Å². The molecule has 1 unspecified atom stereocenters. The molecule has 4 nitrogen and oxygen atoms in total. The van der Waals surface area contributed by atoms with Crippen molar-refractivity contribution in [2.75, 3.05) is 13.1 Å². The molecule has 0 saturated heterocycles. The highest BCUT2D eigenvalue weighted by atomic mass is 32.1. The number of rotatable bonds is 5. The molecule has 0 fully saturated rings. The van der Waals surface area contributed by atoms with E-state index in [0.29, 0.717) is 13.1 Å². The summed E-state index contributed by atoms with van der Waals surface area (Å²) in [6.07, 6.45) is 0. The zero-order chi connectivity index (χ0) is 12.1. The predicted molar refractivity (Wildman–Crippen MR) is 66.7 cm³/mol. The summed E-state index contributed by atoms with van der Waals surface area (Å²) in [7, 11) is 0. The molecule has 1 rings (SSSR count). The molecule has 16 heavy (non-hydrogen) atoms. The normalized spacial score (nSPS) is 12.5. The zero-order valence-electron chi connectivity index (χ0n) is 10.3. The molecule has 1 aromatic heterocycles. The van der Waals surface area contributed by atoms with Gasteiger partial charge in [-0.25, -0.2) is 4.98 Å². The molecule has 0 saturated carbocycles. The third-order valence-electron chi connectivity index (χ3n) is 2.29. The summed E-state index contributed by atoms with van der Waals surface area (Å²) in [6.45, 7) is 9.01. The Morgan fingerprint density at radius 3 is 2.69 bits per heavy atom. The first-order chi connectivity index (χ1) is 7.54. The van der Waals surface area contributed by atoms with Crippen LogP contribution < -0.4 is 10.6 Å². The molecule has 0 aliphatic carbocycles. The lowest BCUT2D eigenvalue weighted by molar-refractivity contribution is -0.120. The fourth-order valence-electron chi connectivity index (χ4n) is 1.55. The van der Waals surface area contributed by atoms with E-state index >= 15 is 0 Å². The minimum atomic E-state index is 0.0268. The number of aromatic nitrogens is 1. The monoisotopic (exact) mass is 241 g/mol. The van der Waals surface area contributed by atoms with Crippen molar-refractivity contribution in [3.63, 3.8) is 0 Å². The average molecular weight is 241 g/mol. The van der Waals surface area contributed by atoms with E-state index in [0.717, 1.165) is 10.7 Å². The Morgan fingerprint density at radius 2 is 2.19 bits per heavy atom. The van der Waals surface area contributed by atoms with Crippen LogP contribution in [0.15, 0.2) is 0 Å². The summed E-state index contributed by atoms with van der Waals surface area (Å²) in [5, 5.41) is 6.99. The van der Waals surface area contributed by atoms with Gasteiger partial charge in [0.15, 0.2) is 0 Å². The molecular formula is C11H19N3OS. The first-order valence-electron chi connectivity index (χ1n) is 5.48. The highest BCUT2D eigenvalue weighted by Crippen LogP contribution is 2.21. The summed E-state index contributed by atoms with van der Waals surface area (Å²) in [5.41, 5.74) is 1.05. The van der Waals surface area contributed by atoms with E-state index in [-0.39, 0.29) is 11.9 Å². The van der Waals surface area contributed by atoms with Crippen molar-refractivity contribution >= 4 is 17.2 Å². The minimum absolute atomic E-state index is 0.0268. The number of carbonyl (C=O) groups is 1. The number of nitrogens with zero attached hydrogens (tertiary/aromatic N) is 1. The van der Waals surface area contributed by atoms with Crippen LogP contribution in [0.3, 0.4) is 0 Å². The van der Waals surface area contributed by atoms with Gasteiger partial charge in [0, 0.05) is 17.5 Å². The highest BCUT2D eigenvalue weighted by molar-refractivity contribution is 7.11. The van der Waals surface area contributed by atoms with Crippen LogP contribution in [-0.2, 0) is 4.79 Å². The molecule has 1 amide bonds. The van der Waals surface area contributed by atoms with Gasteiger partial charge in [-0.05, 0) is 27.7 Å². The van der Waals surface area contributed by atoms with Crippen molar-refractivity contribution in [2.45, 2.75) is 33.7 Å². The predicted octanol–water partition coefficient (Wildman–Crippen LogP) is 1.55. The zero-order valence-corrected chi connectivity index (χ0v) is 11.1. The van der Waals surface area contributed by atoms with Gasteiger partial charge in [0.1, 0.15) is 0 Å². The van der Waals surface area contributed by atoms with Gasteiger partial charge in [0.25, 0.3) is 0 Å². The summed E-state index contributed by atoms with van der Waals surface area (Å²) in [5.74, 6) is 0.0268. The van der Waals surface area contributed by atoms with Gasteiger partial charge in [-0.3, -0.25) is 4.79 Å². The second-order valence-corrected chi connectivity index (χ2v) is 5.14. The molecule has 5 heteroatoms. The first kappa shape index (κ1) is 13.1. The lowest BCUT2D eigenvalue weighted by Gasteiger charge is -2.12. The number of hydrogen-bond acceptors (Lipinski definition) is 4. The number of carbonyl (C=O) groups excluding carboxylic acids is 1. The Kier molecular flexibility index (Phi) is 4.89.